The molecular formula is C14H15FN4O2. The highest BCUT2D eigenvalue weighted by atomic mass is 19.1. The van der Waals surface area contributed by atoms with Gasteiger partial charge in [-0.15, -0.1) is 0 Å². The number of hydrogen-bond donors (Lipinski definition) is 0. The van der Waals surface area contributed by atoms with Gasteiger partial charge < -0.3 is 14.5 Å². The molecule has 0 aliphatic rings. The lowest BCUT2D eigenvalue weighted by Crippen LogP contribution is -2.13. The lowest BCUT2D eigenvalue weighted by Gasteiger charge is -2.11. The van der Waals surface area contributed by atoms with E-state index in [1.807, 2.05) is 12.1 Å². The van der Waals surface area contributed by atoms with Crippen molar-refractivity contribution in [3.05, 3.63) is 41.8 Å². The van der Waals surface area contributed by atoms with E-state index in [1.54, 1.807) is 33.3 Å². The fraction of sp³-hybridized carbons (Fsp3) is 0.214. The van der Waals surface area contributed by atoms with Gasteiger partial charge in [0.2, 0.25) is 0 Å². The van der Waals surface area contributed by atoms with Crippen LogP contribution in [-0.2, 0) is 0 Å². The third-order valence-corrected chi connectivity index (χ3v) is 2.58. The first-order valence-corrected chi connectivity index (χ1v) is 6.14. The molecule has 1 heterocycles. The lowest BCUT2D eigenvalue weighted by atomic mass is 10.2. The Hall–Kier alpha value is -2.70. The van der Waals surface area contributed by atoms with E-state index in [2.05, 4.69) is 15.1 Å². The molecule has 0 fully saturated rings. The molecule has 0 amide bonds. The minimum Gasteiger partial charge on any atom is -0.497 e. The van der Waals surface area contributed by atoms with E-state index >= 15 is 0 Å². The van der Waals surface area contributed by atoms with Crippen molar-refractivity contribution in [1.82, 2.24) is 9.97 Å². The highest BCUT2D eigenvalue weighted by Gasteiger charge is 2.09. The Balaban J connectivity index is 2.05. The molecule has 6 nitrogen and oxygen atoms in total. The van der Waals surface area contributed by atoms with Gasteiger partial charge in [0.25, 0.3) is 0 Å². The maximum Gasteiger partial charge on any atom is 0.347 e. The zero-order valence-electron chi connectivity index (χ0n) is 11.9. The average Bonchev–Trinajstić information content (AvgIpc) is 2.49. The Labute approximate surface area is 121 Å². The molecule has 1 aromatic carbocycles. The van der Waals surface area contributed by atoms with E-state index in [-0.39, 0.29) is 11.8 Å². The van der Waals surface area contributed by atoms with Crippen LogP contribution in [0.25, 0.3) is 0 Å². The molecule has 1 aromatic heterocycles. The van der Waals surface area contributed by atoms with E-state index < -0.39 is 5.82 Å². The quantitative estimate of drug-likeness (QED) is 0.623. The van der Waals surface area contributed by atoms with Crippen LogP contribution in [0.2, 0.25) is 0 Å². The molecule has 2 rings (SSSR count). The number of oxime groups is 1. The normalized spacial score (nSPS) is 10.7. The molecule has 0 spiro atoms. The second-order valence-electron chi connectivity index (χ2n) is 4.32. The summed E-state index contributed by atoms with van der Waals surface area (Å²) in [6.45, 7) is 0. The molecule has 21 heavy (non-hydrogen) atoms. The first kappa shape index (κ1) is 14.7. The fourth-order valence-electron chi connectivity index (χ4n) is 1.52. The van der Waals surface area contributed by atoms with Gasteiger partial charge in [0.1, 0.15) is 5.75 Å². The van der Waals surface area contributed by atoms with Crippen molar-refractivity contribution in [1.29, 1.82) is 0 Å². The van der Waals surface area contributed by atoms with Crippen molar-refractivity contribution < 1.29 is 14.0 Å². The molecule has 0 radical (unpaired) electrons. The maximum absolute atomic E-state index is 13.4. The fourth-order valence-corrected chi connectivity index (χ4v) is 1.52. The zero-order chi connectivity index (χ0) is 15.2. The van der Waals surface area contributed by atoms with E-state index in [0.717, 1.165) is 17.5 Å². The number of benzene rings is 1. The molecule has 0 saturated heterocycles. The maximum atomic E-state index is 13.4. The second-order valence-corrected chi connectivity index (χ2v) is 4.32. The van der Waals surface area contributed by atoms with Crippen LogP contribution in [0.15, 0.2) is 35.6 Å². The number of hydrogen-bond acceptors (Lipinski definition) is 6. The SMILES string of the molecule is COc1ccc(/C=N/Oc2ncc(F)c(N(C)C)n2)cc1. The van der Waals surface area contributed by atoms with Crippen molar-refractivity contribution in [3.63, 3.8) is 0 Å². The van der Waals surface area contributed by atoms with Gasteiger partial charge in [-0.05, 0) is 29.8 Å². The molecule has 0 atom stereocenters. The summed E-state index contributed by atoms with van der Waals surface area (Å²) < 4.78 is 18.5. The van der Waals surface area contributed by atoms with Crippen LogP contribution in [0, 0.1) is 5.82 Å². The number of nitrogens with zero attached hydrogens (tertiary/aromatic N) is 4. The molecule has 2 aromatic rings. The van der Waals surface area contributed by atoms with E-state index in [9.17, 15) is 4.39 Å². The zero-order valence-corrected chi connectivity index (χ0v) is 11.9. The molecule has 0 aliphatic carbocycles. The summed E-state index contributed by atoms with van der Waals surface area (Å²) in [6, 6.07) is 7.23. The van der Waals surface area contributed by atoms with Crippen LogP contribution in [-0.4, -0.2) is 37.4 Å². The number of methoxy groups -OCH3 is 1. The number of rotatable bonds is 5. The first-order chi connectivity index (χ1) is 10.1. The van der Waals surface area contributed by atoms with Crippen LogP contribution in [0.1, 0.15) is 5.56 Å². The number of aromatic nitrogens is 2. The Morgan fingerprint density at radius 3 is 2.57 bits per heavy atom. The summed E-state index contributed by atoms with van der Waals surface area (Å²) in [5.74, 6) is 0.372. The predicted octanol–water partition coefficient (Wildman–Crippen LogP) is 2.10. The van der Waals surface area contributed by atoms with Gasteiger partial charge in [-0.3, -0.25) is 0 Å². The van der Waals surface area contributed by atoms with Crippen LogP contribution in [0.3, 0.4) is 0 Å². The summed E-state index contributed by atoms with van der Waals surface area (Å²) in [6.07, 6.45) is 2.54. The van der Waals surface area contributed by atoms with Gasteiger partial charge in [-0.25, -0.2) is 4.39 Å². The highest BCUT2D eigenvalue weighted by Crippen LogP contribution is 2.15. The largest absolute Gasteiger partial charge is 0.497 e. The summed E-state index contributed by atoms with van der Waals surface area (Å²) in [5, 5.41) is 3.77. The molecule has 110 valence electrons. The van der Waals surface area contributed by atoms with Gasteiger partial charge in [0.05, 0.1) is 19.5 Å². The number of ether oxygens (including phenoxy) is 1. The molecule has 0 N–H and O–H groups in total. The Morgan fingerprint density at radius 1 is 1.24 bits per heavy atom. The Morgan fingerprint density at radius 2 is 1.95 bits per heavy atom. The van der Waals surface area contributed by atoms with E-state index in [1.165, 1.54) is 11.1 Å². The minimum absolute atomic E-state index is 0.0233. The minimum atomic E-state index is -0.522. The van der Waals surface area contributed by atoms with Crippen molar-refractivity contribution in [2.24, 2.45) is 5.16 Å². The molecular weight excluding hydrogens is 275 g/mol. The van der Waals surface area contributed by atoms with Crippen molar-refractivity contribution >= 4 is 12.0 Å². The van der Waals surface area contributed by atoms with Crippen molar-refractivity contribution in [3.8, 4) is 11.8 Å². The smallest absolute Gasteiger partial charge is 0.347 e. The van der Waals surface area contributed by atoms with Crippen molar-refractivity contribution in [2.45, 2.75) is 0 Å². The van der Waals surface area contributed by atoms with Gasteiger partial charge in [-0.2, -0.15) is 9.97 Å². The third kappa shape index (κ3) is 3.88. The summed E-state index contributed by atoms with van der Waals surface area (Å²) in [7, 11) is 4.95. The molecule has 0 aliphatic heterocycles. The van der Waals surface area contributed by atoms with Crippen molar-refractivity contribution in [2.75, 3.05) is 26.1 Å². The topological polar surface area (TPSA) is 59.8 Å². The van der Waals surface area contributed by atoms with Gasteiger partial charge >= 0.3 is 6.01 Å². The Kier molecular flexibility index (Phi) is 4.65. The van der Waals surface area contributed by atoms with Crippen LogP contribution in [0.4, 0.5) is 10.2 Å². The van der Waals surface area contributed by atoms with E-state index in [0.29, 0.717) is 0 Å². The summed E-state index contributed by atoms with van der Waals surface area (Å²) in [4.78, 5) is 14.2. The molecule has 7 heteroatoms. The second kappa shape index (κ2) is 6.65. The number of halogens is 1. The van der Waals surface area contributed by atoms with E-state index in [4.69, 9.17) is 9.57 Å². The predicted molar refractivity (Wildman–Crippen MR) is 77.5 cm³/mol. The van der Waals surface area contributed by atoms with Crippen LogP contribution in [0.5, 0.6) is 11.8 Å². The summed E-state index contributed by atoms with van der Waals surface area (Å²) in [5.41, 5.74) is 0.825. The van der Waals surface area contributed by atoms with Gasteiger partial charge in [0, 0.05) is 14.1 Å². The highest BCUT2D eigenvalue weighted by molar-refractivity contribution is 5.79. The number of anilines is 1. The third-order valence-electron chi connectivity index (χ3n) is 2.58. The standard InChI is InChI=1S/C14H15FN4O2/c1-19(2)13-12(15)9-16-14(18-13)21-17-8-10-4-6-11(20-3)7-5-10/h4-9H,1-3H3/b17-8+. The monoisotopic (exact) mass is 290 g/mol. The summed E-state index contributed by atoms with van der Waals surface area (Å²) >= 11 is 0. The van der Waals surface area contributed by atoms with Crippen LogP contribution < -0.4 is 14.5 Å². The molecule has 0 bridgehead atoms. The van der Waals surface area contributed by atoms with Crippen LogP contribution >= 0.6 is 0 Å². The Bertz CT molecular complexity index is 629. The molecule has 0 unspecified atom stereocenters. The lowest BCUT2D eigenvalue weighted by molar-refractivity contribution is 0.313. The molecule has 0 saturated carbocycles. The van der Waals surface area contributed by atoms with Gasteiger partial charge in [-0.1, -0.05) is 5.16 Å². The average molecular weight is 290 g/mol. The first-order valence-electron chi connectivity index (χ1n) is 6.14. The van der Waals surface area contributed by atoms with Gasteiger partial charge in [0.15, 0.2) is 11.6 Å².